The van der Waals surface area contributed by atoms with E-state index in [4.69, 9.17) is 5.26 Å². The van der Waals surface area contributed by atoms with Crippen LogP contribution in [0.25, 0.3) is 0 Å². The topological polar surface area (TPSA) is 67.2 Å². The molecule has 0 bridgehead atoms. The van der Waals surface area contributed by atoms with Crippen LogP contribution in [0.2, 0.25) is 0 Å². The molecule has 94 valence electrons. The van der Waals surface area contributed by atoms with Gasteiger partial charge in [-0.3, -0.25) is 4.79 Å². The van der Waals surface area contributed by atoms with Crippen LogP contribution in [-0.4, -0.2) is 19.4 Å². The van der Waals surface area contributed by atoms with Gasteiger partial charge < -0.3 is 4.74 Å². The Kier molecular flexibility index (Phi) is 3.71. The Morgan fingerprint density at radius 3 is 2.44 bits per heavy atom. The van der Waals surface area contributed by atoms with Crippen molar-refractivity contribution in [3.05, 3.63) is 34.4 Å². The van der Waals surface area contributed by atoms with Crippen LogP contribution in [0.1, 0.15) is 31.8 Å². The zero-order chi connectivity index (χ0) is 13.9. The lowest BCUT2D eigenvalue weighted by atomic mass is 9.98. The van der Waals surface area contributed by atoms with E-state index >= 15 is 0 Å². The Balaban J connectivity index is 3.70. The molecular weight excluding hydrogens is 251 g/mol. The third kappa shape index (κ3) is 2.48. The van der Waals surface area contributed by atoms with Gasteiger partial charge in [-0.05, 0) is 12.1 Å². The summed E-state index contributed by atoms with van der Waals surface area (Å²) in [5.41, 5.74) is -3.26. The number of nitriles is 1. The number of benzene rings is 1. The molecule has 1 aromatic carbocycles. The molecule has 0 aliphatic heterocycles. The van der Waals surface area contributed by atoms with Crippen molar-refractivity contribution in [3.8, 4) is 6.07 Å². The van der Waals surface area contributed by atoms with Crippen LogP contribution in [0.5, 0.6) is 0 Å². The number of hydrogen-bond acceptors (Lipinski definition) is 4. The number of halogens is 3. The molecule has 7 heteroatoms. The minimum Gasteiger partial charge on any atom is -0.465 e. The van der Waals surface area contributed by atoms with Crippen LogP contribution in [-0.2, 0) is 10.9 Å². The Morgan fingerprint density at radius 1 is 1.44 bits per heavy atom. The minimum absolute atomic E-state index is 0.0594. The van der Waals surface area contributed by atoms with Crippen molar-refractivity contribution in [1.82, 2.24) is 0 Å². The molecule has 0 aromatic heterocycles. The average Bonchev–Trinajstić information content (AvgIpc) is 2.34. The van der Waals surface area contributed by atoms with Gasteiger partial charge in [0.15, 0.2) is 6.29 Å². The summed E-state index contributed by atoms with van der Waals surface area (Å²) in [6, 6.07) is 3.07. The molecule has 1 aromatic rings. The third-order valence-corrected chi connectivity index (χ3v) is 2.11. The number of alkyl halides is 3. The van der Waals surface area contributed by atoms with Crippen molar-refractivity contribution in [2.75, 3.05) is 7.11 Å². The molecular formula is C11H6F3NO3. The van der Waals surface area contributed by atoms with Crippen molar-refractivity contribution >= 4 is 12.3 Å². The van der Waals surface area contributed by atoms with Gasteiger partial charge in [0.25, 0.3) is 0 Å². The number of hydrogen-bond donors (Lipinski definition) is 0. The van der Waals surface area contributed by atoms with Gasteiger partial charge in [0.05, 0.1) is 29.9 Å². The number of nitrogens with zero attached hydrogens (tertiary/aromatic N) is 1. The zero-order valence-corrected chi connectivity index (χ0v) is 9.04. The highest BCUT2D eigenvalue weighted by atomic mass is 19.4. The fourth-order valence-electron chi connectivity index (χ4n) is 1.41. The summed E-state index contributed by atoms with van der Waals surface area (Å²) in [4.78, 5) is 21.9. The first kappa shape index (κ1) is 13.7. The monoisotopic (exact) mass is 257 g/mol. The molecule has 18 heavy (non-hydrogen) atoms. The Morgan fingerprint density at radius 2 is 2.06 bits per heavy atom. The van der Waals surface area contributed by atoms with E-state index in [1.54, 1.807) is 6.07 Å². The number of esters is 1. The number of ether oxygens (including phenoxy) is 1. The number of aldehydes is 1. The van der Waals surface area contributed by atoms with Crippen LogP contribution >= 0.6 is 0 Å². The van der Waals surface area contributed by atoms with Gasteiger partial charge in [-0.2, -0.15) is 18.4 Å². The summed E-state index contributed by atoms with van der Waals surface area (Å²) in [5, 5.41) is 8.63. The predicted octanol–water partition coefficient (Wildman–Crippen LogP) is 2.18. The van der Waals surface area contributed by atoms with Crippen LogP contribution in [0.4, 0.5) is 13.2 Å². The number of methoxy groups -OCH3 is 1. The third-order valence-electron chi connectivity index (χ3n) is 2.11. The second-order valence-corrected chi connectivity index (χ2v) is 3.21. The van der Waals surface area contributed by atoms with E-state index in [0.717, 1.165) is 19.2 Å². The van der Waals surface area contributed by atoms with E-state index in [-0.39, 0.29) is 11.8 Å². The molecule has 0 saturated heterocycles. The molecule has 0 saturated carbocycles. The van der Waals surface area contributed by atoms with Gasteiger partial charge >= 0.3 is 12.1 Å². The van der Waals surface area contributed by atoms with Crippen molar-refractivity contribution in [3.63, 3.8) is 0 Å². The maximum Gasteiger partial charge on any atom is 0.417 e. The Hall–Kier alpha value is -2.36. The van der Waals surface area contributed by atoms with Crippen LogP contribution in [0, 0.1) is 11.3 Å². The van der Waals surface area contributed by atoms with Gasteiger partial charge in [-0.25, -0.2) is 4.79 Å². The first-order valence-corrected chi connectivity index (χ1v) is 4.54. The molecule has 0 aliphatic rings. The lowest BCUT2D eigenvalue weighted by molar-refractivity contribution is -0.138. The molecule has 0 radical (unpaired) electrons. The summed E-state index contributed by atoms with van der Waals surface area (Å²) in [5.74, 6) is -1.26. The molecule has 1 rings (SSSR count). The van der Waals surface area contributed by atoms with Crippen LogP contribution < -0.4 is 0 Å². The maximum atomic E-state index is 12.8. The average molecular weight is 257 g/mol. The highest BCUT2D eigenvalue weighted by Gasteiger charge is 2.38. The summed E-state index contributed by atoms with van der Waals surface area (Å²) < 4.78 is 42.5. The fraction of sp³-hybridized carbons (Fsp3) is 0.182. The van der Waals surface area contributed by atoms with E-state index in [1.165, 1.54) is 0 Å². The first-order chi connectivity index (χ1) is 8.35. The zero-order valence-electron chi connectivity index (χ0n) is 9.04. The van der Waals surface area contributed by atoms with Gasteiger partial charge in [-0.15, -0.1) is 0 Å². The molecule has 0 unspecified atom stereocenters. The van der Waals surface area contributed by atoms with E-state index in [1.807, 2.05) is 0 Å². The predicted molar refractivity (Wildman–Crippen MR) is 52.9 cm³/mol. The molecule has 0 heterocycles. The summed E-state index contributed by atoms with van der Waals surface area (Å²) in [6.45, 7) is 0. The molecule has 0 atom stereocenters. The van der Waals surface area contributed by atoms with Gasteiger partial charge in [0.1, 0.15) is 0 Å². The lowest BCUT2D eigenvalue weighted by Gasteiger charge is -2.13. The number of carbonyl (C=O) groups excluding carboxylic acids is 2. The van der Waals surface area contributed by atoms with Crippen LogP contribution in [0.15, 0.2) is 12.1 Å². The highest BCUT2D eigenvalue weighted by Crippen LogP contribution is 2.35. The van der Waals surface area contributed by atoms with Gasteiger partial charge in [0.2, 0.25) is 0 Å². The largest absolute Gasteiger partial charge is 0.465 e. The number of rotatable bonds is 2. The van der Waals surface area contributed by atoms with Crippen molar-refractivity contribution in [2.24, 2.45) is 0 Å². The van der Waals surface area contributed by atoms with Gasteiger partial charge in [0, 0.05) is 5.56 Å². The molecule has 0 fully saturated rings. The van der Waals surface area contributed by atoms with Crippen molar-refractivity contribution < 1.29 is 27.5 Å². The van der Waals surface area contributed by atoms with E-state index in [0.29, 0.717) is 0 Å². The second-order valence-electron chi connectivity index (χ2n) is 3.21. The van der Waals surface area contributed by atoms with Crippen LogP contribution in [0.3, 0.4) is 0 Å². The fourth-order valence-corrected chi connectivity index (χ4v) is 1.41. The molecule has 0 spiro atoms. The highest BCUT2D eigenvalue weighted by molar-refractivity contribution is 5.95. The summed E-state index contributed by atoms with van der Waals surface area (Å²) in [6.07, 6.45) is -4.95. The number of carbonyl (C=O) groups is 2. The quantitative estimate of drug-likeness (QED) is 0.601. The molecule has 0 amide bonds. The van der Waals surface area contributed by atoms with Gasteiger partial charge in [-0.1, -0.05) is 0 Å². The maximum absolute atomic E-state index is 12.8. The molecule has 0 aliphatic carbocycles. The van der Waals surface area contributed by atoms with Crippen molar-refractivity contribution in [1.29, 1.82) is 5.26 Å². The summed E-state index contributed by atoms with van der Waals surface area (Å²) in [7, 11) is 0.905. The Labute approximate surface area is 99.6 Å². The second kappa shape index (κ2) is 4.87. The minimum atomic E-state index is -4.90. The molecule has 4 nitrogen and oxygen atoms in total. The standard InChI is InChI=1S/C11H6F3NO3/c1-18-10(17)8-3-6(4-15)2-7(5-16)9(8)11(12,13)14/h2-3,5H,1H3. The normalized spacial score (nSPS) is 10.6. The summed E-state index contributed by atoms with van der Waals surface area (Å²) >= 11 is 0. The SMILES string of the molecule is COC(=O)c1cc(C#N)cc(C=O)c1C(F)(F)F. The Bertz CT molecular complexity index is 544. The molecule has 0 N–H and O–H groups in total. The first-order valence-electron chi connectivity index (χ1n) is 4.54. The smallest absolute Gasteiger partial charge is 0.417 e. The van der Waals surface area contributed by atoms with E-state index in [2.05, 4.69) is 4.74 Å². The lowest BCUT2D eigenvalue weighted by Crippen LogP contribution is -2.17. The van der Waals surface area contributed by atoms with Crippen molar-refractivity contribution in [2.45, 2.75) is 6.18 Å². The van der Waals surface area contributed by atoms with E-state index < -0.39 is 28.8 Å². The van der Waals surface area contributed by atoms with E-state index in [9.17, 15) is 22.8 Å².